The maximum absolute atomic E-state index is 13.5. The smallest absolute Gasteiger partial charge is 0.148 e. The van der Waals surface area contributed by atoms with E-state index in [0.717, 1.165) is 10.9 Å². The second-order valence-electron chi connectivity index (χ2n) is 4.25. The van der Waals surface area contributed by atoms with Crippen molar-refractivity contribution >= 4 is 10.9 Å². The van der Waals surface area contributed by atoms with E-state index in [4.69, 9.17) is 4.74 Å². The van der Waals surface area contributed by atoms with Crippen LogP contribution < -0.4 is 4.74 Å². The van der Waals surface area contributed by atoms with E-state index >= 15 is 0 Å². The van der Waals surface area contributed by atoms with Gasteiger partial charge in [-0.2, -0.15) is 0 Å². The van der Waals surface area contributed by atoms with Crippen molar-refractivity contribution in [3.63, 3.8) is 0 Å². The topological polar surface area (TPSA) is 22.1 Å². The lowest BCUT2D eigenvalue weighted by Crippen LogP contribution is -1.97. The minimum absolute atomic E-state index is 0.316. The summed E-state index contributed by atoms with van der Waals surface area (Å²) >= 11 is 0. The van der Waals surface area contributed by atoms with E-state index in [1.165, 1.54) is 12.1 Å². The quantitative estimate of drug-likeness (QED) is 0.705. The molecule has 0 fully saturated rings. The molecule has 0 saturated carbocycles. The molecule has 0 spiro atoms. The van der Waals surface area contributed by atoms with E-state index in [2.05, 4.69) is 4.98 Å². The first-order valence-corrected chi connectivity index (χ1v) is 6.04. The van der Waals surface area contributed by atoms with Gasteiger partial charge in [0.1, 0.15) is 23.7 Å². The van der Waals surface area contributed by atoms with Gasteiger partial charge in [0.15, 0.2) is 0 Å². The Morgan fingerprint density at radius 3 is 2.68 bits per heavy atom. The van der Waals surface area contributed by atoms with Crippen molar-refractivity contribution in [1.82, 2.24) is 4.98 Å². The summed E-state index contributed by atoms with van der Waals surface area (Å²) < 4.78 is 19.2. The molecule has 0 bridgehead atoms. The average Bonchev–Trinajstić information content (AvgIpc) is 2.45. The van der Waals surface area contributed by atoms with Crippen molar-refractivity contribution in [3.05, 3.63) is 72.2 Å². The van der Waals surface area contributed by atoms with Crippen LogP contribution in [0.4, 0.5) is 4.39 Å². The molecule has 0 aliphatic carbocycles. The minimum Gasteiger partial charge on any atom is -0.487 e. The first-order valence-electron chi connectivity index (χ1n) is 6.04. The van der Waals surface area contributed by atoms with Crippen LogP contribution in [0.1, 0.15) is 5.56 Å². The van der Waals surface area contributed by atoms with E-state index in [-0.39, 0.29) is 5.82 Å². The Labute approximate surface area is 110 Å². The van der Waals surface area contributed by atoms with E-state index in [1.807, 2.05) is 36.4 Å². The van der Waals surface area contributed by atoms with Crippen LogP contribution in [0.25, 0.3) is 10.9 Å². The molecule has 1 heterocycles. The standard InChI is InChI=1S/C16H12FNO/c17-14-9-13-7-4-8-18-16(13)15(10-14)19-11-12-5-2-1-3-6-12/h1-10H,11H2. The van der Waals surface area contributed by atoms with E-state index in [0.29, 0.717) is 17.9 Å². The van der Waals surface area contributed by atoms with Crippen molar-refractivity contribution in [3.8, 4) is 5.75 Å². The Morgan fingerprint density at radius 2 is 1.84 bits per heavy atom. The highest BCUT2D eigenvalue weighted by Crippen LogP contribution is 2.25. The van der Waals surface area contributed by atoms with Gasteiger partial charge in [-0.3, -0.25) is 4.98 Å². The van der Waals surface area contributed by atoms with Crippen LogP contribution >= 0.6 is 0 Å². The Hall–Kier alpha value is -2.42. The highest BCUT2D eigenvalue weighted by Gasteiger charge is 2.06. The molecule has 94 valence electrons. The molecule has 0 aliphatic heterocycles. The summed E-state index contributed by atoms with van der Waals surface area (Å²) in [7, 11) is 0. The lowest BCUT2D eigenvalue weighted by Gasteiger charge is -2.09. The fraction of sp³-hybridized carbons (Fsp3) is 0.0625. The van der Waals surface area contributed by atoms with Crippen molar-refractivity contribution < 1.29 is 9.13 Å². The Morgan fingerprint density at radius 1 is 1.00 bits per heavy atom. The van der Waals surface area contributed by atoms with Gasteiger partial charge in [0.2, 0.25) is 0 Å². The van der Waals surface area contributed by atoms with E-state index in [1.54, 1.807) is 12.3 Å². The van der Waals surface area contributed by atoms with E-state index < -0.39 is 0 Å². The molecule has 0 atom stereocenters. The first kappa shape index (κ1) is 11.7. The van der Waals surface area contributed by atoms with Crippen molar-refractivity contribution in [2.45, 2.75) is 6.61 Å². The molecule has 0 saturated heterocycles. The van der Waals surface area contributed by atoms with Crippen molar-refractivity contribution in [2.24, 2.45) is 0 Å². The molecule has 0 N–H and O–H groups in total. The summed E-state index contributed by atoms with van der Waals surface area (Å²) in [5.74, 6) is 0.156. The summed E-state index contributed by atoms with van der Waals surface area (Å²) in [5.41, 5.74) is 1.72. The number of hydrogen-bond donors (Lipinski definition) is 0. The zero-order valence-electron chi connectivity index (χ0n) is 10.2. The van der Waals surface area contributed by atoms with Gasteiger partial charge in [-0.25, -0.2) is 4.39 Å². The summed E-state index contributed by atoms with van der Waals surface area (Å²) in [6, 6.07) is 16.2. The monoisotopic (exact) mass is 253 g/mol. The van der Waals surface area contributed by atoms with Crippen LogP contribution in [-0.2, 0) is 6.61 Å². The summed E-state index contributed by atoms with van der Waals surface area (Å²) in [4.78, 5) is 4.24. The van der Waals surface area contributed by atoms with Gasteiger partial charge >= 0.3 is 0 Å². The van der Waals surface area contributed by atoms with Gasteiger partial charge in [-0.15, -0.1) is 0 Å². The highest BCUT2D eigenvalue weighted by molar-refractivity contribution is 5.84. The number of hydrogen-bond acceptors (Lipinski definition) is 2. The molecule has 0 aliphatic rings. The van der Waals surface area contributed by atoms with Crippen LogP contribution in [0.3, 0.4) is 0 Å². The number of aromatic nitrogens is 1. The van der Waals surface area contributed by atoms with Gasteiger partial charge in [0.05, 0.1) is 0 Å². The van der Waals surface area contributed by atoms with Gasteiger partial charge in [0.25, 0.3) is 0 Å². The fourth-order valence-electron chi connectivity index (χ4n) is 1.97. The zero-order valence-corrected chi connectivity index (χ0v) is 10.2. The van der Waals surface area contributed by atoms with Gasteiger partial charge in [0, 0.05) is 17.6 Å². The van der Waals surface area contributed by atoms with Crippen LogP contribution in [-0.4, -0.2) is 4.98 Å². The SMILES string of the molecule is Fc1cc(OCc2ccccc2)c2ncccc2c1. The molecular weight excluding hydrogens is 241 g/mol. The maximum Gasteiger partial charge on any atom is 0.148 e. The lowest BCUT2D eigenvalue weighted by molar-refractivity contribution is 0.308. The van der Waals surface area contributed by atoms with Crippen LogP contribution in [0.5, 0.6) is 5.75 Å². The largest absolute Gasteiger partial charge is 0.487 e. The molecule has 3 heteroatoms. The fourth-order valence-corrected chi connectivity index (χ4v) is 1.97. The third-order valence-electron chi connectivity index (χ3n) is 2.87. The highest BCUT2D eigenvalue weighted by atomic mass is 19.1. The number of pyridine rings is 1. The Balaban J connectivity index is 1.92. The van der Waals surface area contributed by atoms with Gasteiger partial charge < -0.3 is 4.74 Å². The van der Waals surface area contributed by atoms with Crippen LogP contribution in [0.2, 0.25) is 0 Å². The second-order valence-corrected chi connectivity index (χ2v) is 4.25. The van der Waals surface area contributed by atoms with Crippen molar-refractivity contribution in [1.29, 1.82) is 0 Å². The third-order valence-corrected chi connectivity index (χ3v) is 2.87. The summed E-state index contributed by atoms with van der Waals surface area (Å²) in [5, 5.41) is 0.741. The molecule has 19 heavy (non-hydrogen) atoms. The number of nitrogens with zero attached hydrogens (tertiary/aromatic N) is 1. The second kappa shape index (κ2) is 5.06. The maximum atomic E-state index is 13.5. The summed E-state index contributed by atoms with van der Waals surface area (Å²) in [6.45, 7) is 0.399. The summed E-state index contributed by atoms with van der Waals surface area (Å²) in [6.07, 6.45) is 1.68. The number of benzene rings is 2. The molecular formula is C16H12FNO. The average molecular weight is 253 g/mol. The number of halogens is 1. The Bertz CT molecular complexity index is 697. The Kier molecular flexibility index (Phi) is 3.11. The predicted octanol–water partition coefficient (Wildman–Crippen LogP) is 3.95. The lowest BCUT2D eigenvalue weighted by atomic mass is 10.2. The van der Waals surface area contributed by atoms with Crippen molar-refractivity contribution in [2.75, 3.05) is 0 Å². The first-order chi connectivity index (χ1) is 9.33. The number of ether oxygens (including phenoxy) is 1. The number of fused-ring (bicyclic) bond motifs is 1. The molecule has 3 rings (SSSR count). The normalized spacial score (nSPS) is 10.6. The molecule has 2 aromatic carbocycles. The van der Waals surface area contributed by atoms with Crippen LogP contribution in [0.15, 0.2) is 60.8 Å². The van der Waals surface area contributed by atoms with Gasteiger partial charge in [-0.1, -0.05) is 36.4 Å². The molecule has 3 aromatic rings. The molecule has 0 radical (unpaired) electrons. The van der Waals surface area contributed by atoms with Gasteiger partial charge in [-0.05, 0) is 17.7 Å². The third kappa shape index (κ3) is 2.55. The molecule has 1 aromatic heterocycles. The van der Waals surface area contributed by atoms with Crippen LogP contribution in [0, 0.1) is 5.82 Å². The zero-order chi connectivity index (χ0) is 13.1. The molecule has 2 nitrogen and oxygen atoms in total. The molecule has 0 unspecified atom stereocenters. The van der Waals surface area contributed by atoms with E-state index in [9.17, 15) is 4.39 Å². The minimum atomic E-state index is -0.316. The number of rotatable bonds is 3. The molecule has 0 amide bonds. The predicted molar refractivity (Wildman–Crippen MR) is 72.5 cm³/mol.